The number of hydrogen-bond donors (Lipinski definition) is 0. The number of morpholine rings is 1. The third-order valence-electron chi connectivity index (χ3n) is 3.23. The molecule has 3 rings (SSSR count). The SMILES string of the molecule is Cc1nc(C2CN(Cc3ccccc3)CCO2)no1. The van der Waals surface area contributed by atoms with Crippen molar-refractivity contribution >= 4 is 0 Å². The van der Waals surface area contributed by atoms with E-state index in [0.717, 1.165) is 19.6 Å². The molecule has 100 valence electrons. The fourth-order valence-electron chi connectivity index (χ4n) is 2.29. The summed E-state index contributed by atoms with van der Waals surface area (Å²) in [4.78, 5) is 6.60. The van der Waals surface area contributed by atoms with Gasteiger partial charge in [0.1, 0.15) is 6.10 Å². The van der Waals surface area contributed by atoms with Crippen molar-refractivity contribution in [2.75, 3.05) is 19.7 Å². The summed E-state index contributed by atoms with van der Waals surface area (Å²) in [5, 5.41) is 3.94. The highest BCUT2D eigenvalue weighted by atomic mass is 16.5. The van der Waals surface area contributed by atoms with Gasteiger partial charge in [-0.15, -0.1) is 0 Å². The molecular formula is C14H17N3O2. The van der Waals surface area contributed by atoms with Gasteiger partial charge in [-0.25, -0.2) is 0 Å². The van der Waals surface area contributed by atoms with E-state index in [9.17, 15) is 0 Å². The minimum atomic E-state index is -0.0880. The van der Waals surface area contributed by atoms with Crippen LogP contribution in [0.15, 0.2) is 34.9 Å². The predicted molar refractivity (Wildman–Crippen MR) is 69.4 cm³/mol. The molecule has 0 spiro atoms. The highest BCUT2D eigenvalue weighted by molar-refractivity contribution is 5.14. The standard InChI is InChI=1S/C14H17N3O2/c1-11-15-14(16-19-11)13-10-17(7-8-18-13)9-12-5-3-2-4-6-12/h2-6,13H,7-10H2,1H3. The summed E-state index contributed by atoms with van der Waals surface area (Å²) in [6, 6.07) is 10.4. The summed E-state index contributed by atoms with van der Waals surface area (Å²) in [6.45, 7) is 5.15. The van der Waals surface area contributed by atoms with Gasteiger partial charge in [-0.05, 0) is 5.56 Å². The summed E-state index contributed by atoms with van der Waals surface area (Å²) in [5.74, 6) is 1.23. The highest BCUT2D eigenvalue weighted by Crippen LogP contribution is 2.20. The first-order valence-corrected chi connectivity index (χ1v) is 6.49. The van der Waals surface area contributed by atoms with E-state index >= 15 is 0 Å². The molecule has 1 aliphatic heterocycles. The topological polar surface area (TPSA) is 51.4 Å². The first-order valence-electron chi connectivity index (χ1n) is 6.49. The van der Waals surface area contributed by atoms with Crippen LogP contribution in [0.5, 0.6) is 0 Å². The molecule has 1 aromatic heterocycles. The van der Waals surface area contributed by atoms with Crippen LogP contribution in [0.1, 0.15) is 23.4 Å². The molecule has 19 heavy (non-hydrogen) atoms. The summed E-state index contributed by atoms with van der Waals surface area (Å²) in [7, 11) is 0. The van der Waals surface area contributed by atoms with Crippen molar-refractivity contribution in [3.8, 4) is 0 Å². The molecule has 1 saturated heterocycles. The summed E-state index contributed by atoms with van der Waals surface area (Å²) >= 11 is 0. The molecule has 1 aromatic carbocycles. The fourth-order valence-corrected chi connectivity index (χ4v) is 2.29. The molecule has 2 aromatic rings. The van der Waals surface area contributed by atoms with Gasteiger partial charge in [0, 0.05) is 26.6 Å². The Balaban J connectivity index is 1.65. The molecule has 0 aliphatic carbocycles. The van der Waals surface area contributed by atoms with Crippen LogP contribution in [0.4, 0.5) is 0 Å². The van der Waals surface area contributed by atoms with Crippen LogP contribution in [0.3, 0.4) is 0 Å². The zero-order valence-corrected chi connectivity index (χ0v) is 11.0. The Morgan fingerprint density at radius 3 is 2.89 bits per heavy atom. The zero-order chi connectivity index (χ0) is 13.1. The van der Waals surface area contributed by atoms with Gasteiger partial charge in [0.15, 0.2) is 0 Å². The number of ether oxygens (including phenoxy) is 1. The summed E-state index contributed by atoms with van der Waals surface area (Å²) < 4.78 is 10.7. The molecule has 0 amide bonds. The molecule has 1 atom stereocenters. The van der Waals surface area contributed by atoms with Crippen LogP contribution in [0, 0.1) is 6.92 Å². The van der Waals surface area contributed by atoms with E-state index in [4.69, 9.17) is 9.26 Å². The van der Waals surface area contributed by atoms with Crippen LogP contribution in [0.2, 0.25) is 0 Å². The number of nitrogens with zero attached hydrogens (tertiary/aromatic N) is 3. The fraction of sp³-hybridized carbons (Fsp3) is 0.429. The molecule has 0 radical (unpaired) electrons. The molecule has 0 N–H and O–H groups in total. The predicted octanol–water partition coefficient (Wildman–Crippen LogP) is 1.95. The molecule has 1 fully saturated rings. The molecule has 5 heteroatoms. The largest absolute Gasteiger partial charge is 0.367 e. The Hall–Kier alpha value is -1.72. The lowest BCUT2D eigenvalue weighted by Gasteiger charge is -2.31. The van der Waals surface area contributed by atoms with Crippen LogP contribution in [-0.4, -0.2) is 34.7 Å². The Morgan fingerprint density at radius 2 is 2.16 bits per heavy atom. The normalized spacial score (nSPS) is 20.6. The number of aromatic nitrogens is 2. The van der Waals surface area contributed by atoms with E-state index in [1.807, 2.05) is 6.07 Å². The maximum Gasteiger partial charge on any atom is 0.223 e. The van der Waals surface area contributed by atoms with E-state index in [1.165, 1.54) is 5.56 Å². The zero-order valence-electron chi connectivity index (χ0n) is 11.0. The van der Waals surface area contributed by atoms with E-state index in [2.05, 4.69) is 39.3 Å². The van der Waals surface area contributed by atoms with Crippen molar-refractivity contribution in [3.63, 3.8) is 0 Å². The van der Waals surface area contributed by atoms with E-state index in [1.54, 1.807) is 6.92 Å². The number of benzene rings is 1. The maximum atomic E-state index is 5.72. The van der Waals surface area contributed by atoms with Gasteiger partial charge in [0.2, 0.25) is 11.7 Å². The minimum absolute atomic E-state index is 0.0880. The molecule has 5 nitrogen and oxygen atoms in total. The van der Waals surface area contributed by atoms with Crippen LogP contribution >= 0.6 is 0 Å². The average Bonchev–Trinajstić information content (AvgIpc) is 2.87. The van der Waals surface area contributed by atoms with Gasteiger partial charge in [-0.3, -0.25) is 4.90 Å². The van der Waals surface area contributed by atoms with Crippen LogP contribution < -0.4 is 0 Å². The van der Waals surface area contributed by atoms with Crippen molar-refractivity contribution in [2.24, 2.45) is 0 Å². The molecule has 1 unspecified atom stereocenters. The summed E-state index contributed by atoms with van der Waals surface area (Å²) in [5.41, 5.74) is 1.31. The van der Waals surface area contributed by atoms with Crippen LogP contribution in [0.25, 0.3) is 0 Å². The Labute approximate surface area is 112 Å². The first-order chi connectivity index (χ1) is 9.31. The van der Waals surface area contributed by atoms with Gasteiger partial charge in [0.25, 0.3) is 0 Å². The Morgan fingerprint density at radius 1 is 1.32 bits per heavy atom. The second-order valence-corrected chi connectivity index (χ2v) is 4.75. The smallest absolute Gasteiger partial charge is 0.223 e. The highest BCUT2D eigenvalue weighted by Gasteiger charge is 2.25. The lowest BCUT2D eigenvalue weighted by Crippen LogP contribution is -2.38. The van der Waals surface area contributed by atoms with Gasteiger partial charge in [-0.1, -0.05) is 35.5 Å². The number of aryl methyl sites for hydroxylation is 1. The summed E-state index contributed by atoms with van der Waals surface area (Å²) in [6.07, 6.45) is -0.0880. The van der Waals surface area contributed by atoms with Crippen molar-refractivity contribution in [1.82, 2.24) is 15.0 Å². The van der Waals surface area contributed by atoms with Crippen molar-refractivity contribution in [2.45, 2.75) is 19.6 Å². The van der Waals surface area contributed by atoms with Crippen molar-refractivity contribution < 1.29 is 9.26 Å². The average molecular weight is 259 g/mol. The van der Waals surface area contributed by atoms with E-state index in [-0.39, 0.29) is 6.10 Å². The second-order valence-electron chi connectivity index (χ2n) is 4.75. The molecule has 1 aliphatic rings. The van der Waals surface area contributed by atoms with Crippen molar-refractivity contribution in [3.05, 3.63) is 47.6 Å². The maximum absolute atomic E-state index is 5.72. The monoisotopic (exact) mass is 259 g/mol. The molecule has 0 saturated carbocycles. The van der Waals surface area contributed by atoms with E-state index < -0.39 is 0 Å². The number of rotatable bonds is 3. The van der Waals surface area contributed by atoms with Gasteiger partial charge in [-0.2, -0.15) is 4.98 Å². The first kappa shape index (κ1) is 12.3. The minimum Gasteiger partial charge on any atom is -0.367 e. The third-order valence-corrected chi connectivity index (χ3v) is 3.23. The quantitative estimate of drug-likeness (QED) is 0.843. The van der Waals surface area contributed by atoms with Gasteiger partial charge in [0.05, 0.1) is 6.61 Å². The Kier molecular flexibility index (Phi) is 3.57. The lowest BCUT2D eigenvalue weighted by molar-refractivity contribution is -0.0380. The number of hydrogen-bond acceptors (Lipinski definition) is 5. The van der Waals surface area contributed by atoms with Crippen LogP contribution in [-0.2, 0) is 11.3 Å². The van der Waals surface area contributed by atoms with Gasteiger partial charge < -0.3 is 9.26 Å². The second kappa shape index (κ2) is 5.50. The lowest BCUT2D eigenvalue weighted by atomic mass is 10.2. The Bertz CT molecular complexity index is 526. The molecular weight excluding hydrogens is 242 g/mol. The van der Waals surface area contributed by atoms with E-state index in [0.29, 0.717) is 18.3 Å². The van der Waals surface area contributed by atoms with Crippen molar-refractivity contribution in [1.29, 1.82) is 0 Å². The molecule has 0 bridgehead atoms. The third kappa shape index (κ3) is 3.00. The van der Waals surface area contributed by atoms with Gasteiger partial charge >= 0.3 is 0 Å². The molecule has 2 heterocycles.